The van der Waals surface area contributed by atoms with Crippen LogP contribution in [0.15, 0.2) is 35.3 Å². The Kier molecular flexibility index (Phi) is 5.11. The molecule has 0 bridgehead atoms. The van der Waals surface area contributed by atoms with Gasteiger partial charge in [0.25, 0.3) is 0 Å². The maximum Gasteiger partial charge on any atom is 0.236 e. The lowest BCUT2D eigenvalue weighted by Gasteiger charge is -2.43. The minimum atomic E-state index is 0.238. The van der Waals surface area contributed by atoms with Crippen LogP contribution in [0.3, 0.4) is 0 Å². The quantitative estimate of drug-likeness (QED) is 0.626. The van der Waals surface area contributed by atoms with E-state index in [4.69, 9.17) is 9.40 Å². The zero-order valence-corrected chi connectivity index (χ0v) is 18.2. The summed E-state index contributed by atoms with van der Waals surface area (Å²) in [5.74, 6) is 1.17. The number of rotatable bonds is 4. The van der Waals surface area contributed by atoms with E-state index in [0.717, 1.165) is 67.6 Å². The second-order valence-electron chi connectivity index (χ2n) is 9.14. The smallest absolute Gasteiger partial charge is 0.236 e. The van der Waals surface area contributed by atoms with Crippen molar-refractivity contribution in [2.45, 2.75) is 38.3 Å². The predicted molar refractivity (Wildman–Crippen MR) is 120 cm³/mol. The lowest BCUT2D eigenvalue weighted by atomic mass is 9.91. The van der Waals surface area contributed by atoms with Gasteiger partial charge in [-0.2, -0.15) is 0 Å². The first kappa shape index (κ1) is 19.8. The van der Waals surface area contributed by atoms with Gasteiger partial charge in [0.15, 0.2) is 0 Å². The normalized spacial score (nSPS) is 20.3. The summed E-state index contributed by atoms with van der Waals surface area (Å²) < 4.78 is 6.14. The first-order valence-electron chi connectivity index (χ1n) is 11.7. The molecule has 3 aliphatic rings. The van der Waals surface area contributed by atoms with Crippen molar-refractivity contribution >= 4 is 17.0 Å². The van der Waals surface area contributed by atoms with Gasteiger partial charge in [-0.05, 0) is 31.4 Å². The minimum absolute atomic E-state index is 0.238. The van der Waals surface area contributed by atoms with Crippen LogP contribution >= 0.6 is 0 Å². The Morgan fingerprint density at radius 2 is 1.88 bits per heavy atom. The van der Waals surface area contributed by atoms with E-state index in [1.165, 1.54) is 31.2 Å². The number of amides is 1. The molecule has 1 aliphatic carbocycles. The molecule has 3 aromatic heterocycles. The molecule has 1 saturated heterocycles. The van der Waals surface area contributed by atoms with Crippen molar-refractivity contribution in [2.24, 2.45) is 0 Å². The van der Waals surface area contributed by atoms with Gasteiger partial charge >= 0.3 is 0 Å². The van der Waals surface area contributed by atoms with Gasteiger partial charge in [-0.25, -0.2) is 15.0 Å². The van der Waals surface area contributed by atoms with Crippen LogP contribution in [0.2, 0.25) is 0 Å². The Hall–Kier alpha value is -2.84. The summed E-state index contributed by atoms with van der Waals surface area (Å²) in [5.41, 5.74) is 3.54. The van der Waals surface area contributed by atoms with Crippen molar-refractivity contribution in [2.75, 3.05) is 39.3 Å². The van der Waals surface area contributed by atoms with Crippen molar-refractivity contribution in [3.63, 3.8) is 0 Å². The Morgan fingerprint density at radius 3 is 2.62 bits per heavy atom. The monoisotopic (exact) mass is 432 g/mol. The molecule has 6 rings (SSSR count). The maximum absolute atomic E-state index is 12.9. The van der Waals surface area contributed by atoms with Crippen LogP contribution in [0.4, 0.5) is 0 Å². The summed E-state index contributed by atoms with van der Waals surface area (Å²) in [6.45, 7) is 5.73. The van der Waals surface area contributed by atoms with Crippen LogP contribution in [0, 0.1) is 0 Å². The number of pyridine rings is 1. The van der Waals surface area contributed by atoms with E-state index in [0.29, 0.717) is 18.8 Å². The highest BCUT2D eigenvalue weighted by molar-refractivity contribution is 5.82. The van der Waals surface area contributed by atoms with Crippen molar-refractivity contribution in [3.05, 3.63) is 42.2 Å². The number of carbonyl (C=O) groups excluding carboxylic acids is 1. The minimum Gasteiger partial charge on any atom is -0.441 e. The molecule has 1 amide bonds. The second-order valence-corrected chi connectivity index (χ2v) is 9.14. The molecule has 0 spiro atoms. The van der Waals surface area contributed by atoms with E-state index in [1.807, 2.05) is 11.0 Å². The number of furan rings is 1. The van der Waals surface area contributed by atoms with Crippen molar-refractivity contribution in [3.8, 4) is 11.3 Å². The van der Waals surface area contributed by atoms with E-state index in [1.54, 1.807) is 12.4 Å². The summed E-state index contributed by atoms with van der Waals surface area (Å²) in [6.07, 6.45) is 9.92. The molecule has 8 heteroatoms. The van der Waals surface area contributed by atoms with Gasteiger partial charge in [0.1, 0.15) is 12.1 Å². The average Bonchev–Trinajstić information content (AvgIpc) is 3.16. The molecule has 0 radical (unpaired) electrons. The van der Waals surface area contributed by atoms with Crippen molar-refractivity contribution in [1.29, 1.82) is 0 Å². The Balaban J connectivity index is 1.11. The van der Waals surface area contributed by atoms with Gasteiger partial charge in [0.05, 0.1) is 18.8 Å². The molecule has 0 aromatic carbocycles. The molecular weight excluding hydrogens is 404 g/mol. The predicted octanol–water partition coefficient (Wildman–Crippen LogP) is 2.34. The average molecular weight is 433 g/mol. The third kappa shape index (κ3) is 3.67. The molecule has 0 atom stereocenters. The topological polar surface area (TPSA) is 78.6 Å². The molecule has 2 fully saturated rings. The summed E-state index contributed by atoms with van der Waals surface area (Å²) in [5, 5.41) is 1.07. The fourth-order valence-electron chi connectivity index (χ4n) is 5.14. The summed E-state index contributed by atoms with van der Waals surface area (Å²) in [7, 11) is 0. The van der Waals surface area contributed by atoms with Gasteiger partial charge in [-0.15, -0.1) is 0 Å². The first-order chi connectivity index (χ1) is 15.7. The molecular formula is C24H28N6O2. The highest BCUT2D eigenvalue weighted by atomic mass is 16.3. The van der Waals surface area contributed by atoms with E-state index >= 15 is 0 Å². The highest BCUT2D eigenvalue weighted by Gasteiger charge is 2.31. The van der Waals surface area contributed by atoms with Crippen LogP contribution < -0.4 is 0 Å². The fraction of sp³-hybridized carbons (Fsp3) is 0.500. The zero-order chi connectivity index (χ0) is 21.5. The number of hydrogen-bond donors (Lipinski definition) is 0. The Labute approximate surface area is 187 Å². The summed E-state index contributed by atoms with van der Waals surface area (Å²) in [4.78, 5) is 32.6. The van der Waals surface area contributed by atoms with Crippen molar-refractivity contribution < 1.29 is 9.21 Å². The largest absolute Gasteiger partial charge is 0.441 e. The fourth-order valence-corrected chi connectivity index (χ4v) is 5.14. The standard InChI is InChI=1S/C24H28N6O2/c31-23(30-10-8-29(9-11-30)18-2-1-3-18)15-28-7-6-19-20-4-5-21(17-12-25-16-26-13-17)27-24(20)32-22(19)14-28/h4-5,12-13,16,18H,1-3,6-11,14-15H2. The molecule has 0 unspecified atom stereocenters. The Morgan fingerprint density at radius 1 is 1.06 bits per heavy atom. The van der Waals surface area contributed by atoms with E-state index in [9.17, 15) is 4.79 Å². The number of hydrogen-bond acceptors (Lipinski definition) is 7. The van der Waals surface area contributed by atoms with Crippen LogP contribution in [-0.2, 0) is 17.8 Å². The molecule has 1 saturated carbocycles. The summed E-state index contributed by atoms with van der Waals surface area (Å²) in [6, 6.07) is 4.84. The number of nitrogens with zero attached hydrogens (tertiary/aromatic N) is 6. The van der Waals surface area contributed by atoms with E-state index in [-0.39, 0.29) is 5.91 Å². The molecule has 5 heterocycles. The zero-order valence-electron chi connectivity index (χ0n) is 18.2. The van der Waals surface area contributed by atoms with Crippen LogP contribution in [0.5, 0.6) is 0 Å². The van der Waals surface area contributed by atoms with Gasteiger partial charge in [0, 0.05) is 67.7 Å². The van der Waals surface area contributed by atoms with Gasteiger partial charge < -0.3 is 9.32 Å². The van der Waals surface area contributed by atoms with E-state index < -0.39 is 0 Å². The lowest BCUT2D eigenvalue weighted by Crippen LogP contribution is -2.55. The number of aromatic nitrogens is 3. The molecule has 2 aliphatic heterocycles. The highest BCUT2D eigenvalue weighted by Crippen LogP contribution is 2.31. The van der Waals surface area contributed by atoms with Crippen LogP contribution in [-0.4, -0.2) is 80.9 Å². The Bertz CT molecular complexity index is 1120. The van der Waals surface area contributed by atoms with E-state index in [2.05, 4.69) is 25.8 Å². The lowest BCUT2D eigenvalue weighted by molar-refractivity contribution is -0.135. The number of piperazine rings is 1. The van der Waals surface area contributed by atoms with Crippen LogP contribution in [0.25, 0.3) is 22.4 Å². The summed E-state index contributed by atoms with van der Waals surface area (Å²) >= 11 is 0. The third-order valence-corrected chi connectivity index (χ3v) is 7.26. The van der Waals surface area contributed by atoms with Gasteiger partial charge in [0.2, 0.25) is 11.6 Å². The van der Waals surface area contributed by atoms with Crippen molar-refractivity contribution in [1.82, 2.24) is 29.7 Å². The van der Waals surface area contributed by atoms with Gasteiger partial charge in [-0.3, -0.25) is 14.6 Å². The second kappa shape index (κ2) is 8.26. The molecule has 0 N–H and O–H groups in total. The molecule has 32 heavy (non-hydrogen) atoms. The molecule has 166 valence electrons. The SMILES string of the molecule is O=C(CN1CCc2c(oc3nc(-c4cncnc4)ccc23)C1)N1CCN(C2CCC2)CC1. The maximum atomic E-state index is 12.9. The molecule has 8 nitrogen and oxygen atoms in total. The molecule has 3 aromatic rings. The van der Waals surface area contributed by atoms with Gasteiger partial charge in [-0.1, -0.05) is 6.42 Å². The first-order valence-corrected chi connectivity index (χ1v) is 11.7. The third-order valence-electron chi connectivity index (χ3n) is 7.26. The number of carbonyl (C=O) groups is 1. The number of fused-ring (bicyclic) bond motifs is 3. The van der Waals surface area contributed by atoms with Crippen LogP contribution in [0.1, 0.15) is 30.6 Å².